The normalized spacial score (nSPS) is 10.2. The van der Waals surface area contributed by atoms with Gasteiger partial charge >= 0.3 is 0 Å². The van der Waals surface area contributed by atoms with E-state index in [2.05, 4.69) is 33.2 Å². The van der Waals surface area contributed by atoms with Crippen molar-refractivity contribution >= 4 is 21.8 Å². The highest BCUT2D eigenvalue weighted by atomic mass is 79.9. The lowest BCUT2D eigenvalue weighted by atomic mass is 10.3. The molecule has 0 unspecified atom stereocenters. The minimum absolute atomic E-state index is 0.145. The number of aromatic nitrogens is 1. The smallest absolute Gasteiger partial charge is 0.269 e. The lowest BCUT2D eigenvalue weighted by Crippen LogP contribution is -2.26. The largest absolute Gasteiger partial charge is 0.381 e. The van der Waals surface area contributed by atoms with Gasteiger partial charge in [0.2, 0.25) is 0 Å². The molecular formula is C12H17BrN2O2. The number of carbonyl (C=O) groups excluding carboxylic acids is 1. The summed E-state index contributed by atoms with van der Waals surface area (Å²) in [6.45, 7) is 4.14. The fourth-order valence-corrected chi connectivity index (χ4v) is 1.46. The van der Waals surface area contributed by atoms with Crippen molar-refractivity contribution in [3.63, 3.8) is 0 Å². The first-order valence-corrected chi connectivity index (χ1v) is 6.51. The summed E-state index contributed by atoms with van der Waals surface area (Å²) in [4.78, 5) is 15.6. The maximum absolute atomic E-state index is 11.6. The van der Waals surface area contributed by atoms with E-state index in [1.54, 1.807) is 18.3 Å². The van der Waals surface area contributed by atoms with E-state index >= 15 is 0 Å². The average molecular weight is 301 g/mol. The van der Waals surface area contributed by atoms with E-state index in [4.69, 9.17) is 4.74 Å². The predicted molar refractivity (Wildman–Crippen MR) is 70.0 cm³/mol. The summed E-state index contributed by atoms with van der Waals surface area (Å²) >= 11 is 3.27. The first-order chi connectivity index (χ1) is 8.24. The van der Waals surface area contributed by atoms with Crippen LogP contribution in [0.1, 0.15) is 30.3 Å². The molecule has 0 aliphatic heterocycles. The fraction of sp³-hybridized carbons (Fsp3) is 0.500. The molecule has 0 radical (unpaired) electrons. The Balaban J connectivity index is 2.19. The second-order valence-corrected chi connectivity index (χ2v) is 4.50. The number of hydrogen-bond donors (Lipinski definition) is 1. The van der Waals surface area contributed by atoms with Gasteiger partial charge in [0.05, 0.1) is 0 Å². The monoisotopic (exact) mass is 300 g/mol. The molecule has 0 saturated heterocycles. The molecule has 1 rings (SSSR count). The highest BCUT2D eigenvalue weighted by Gasteiger charge is 2.05. The lowest BCUT2D eigenvalue weighted by molar-refractivity contribution is 0.0936. The van der Waals surface area contributed by atoms with E-state index in [1.807, 2.05) is 0 Å². The standard InChI is InChI=1S/C12H17BrN2O2/c1-2-7-17-8-3-6-14-12(16)11-5-4-10(13)9-15-11/h4-5,9H,2-3,6-8H2,1H3,(H,14,16). The summed E-state index contributed by atoms with van der Waals surface area (Å²) in [5.41, 5.74) is 0.433. The van der Waals surface area contributed by atoms with Crippen LogP contribution in [-0.2, 0) is 4.74 Å². The van der Waals surface area contributed by atoms with Gasteiger partial charge in [0.15, 0.2) is 0 Å². The zero-order valence-corrected chi connectivity index (χ0v) is 11.5. The van der Waals surface area contributed by atoms with Gasteiger partial charge in [-0.3, -0.25) is 4.79 Å². The van der Waals surface area contributed by atoms with Gasteiger partial charge in [-0.1, -0.05) is 6.92 Å². The first-order valence-electron chi connectivity index (χ1n) is 5.71. The molecule has 4 nitrogen and oxygen atoms in total. The Bertz CT molecular complexity index is 341. The second-order valence-electron chi connectivity index (χ2n) is 3.58. The molecule has 0 saturated carbocycles. The third-order valence-electron chi connectivity index (χ3n) is 2.06. The van der Waals surface area contributed by atoms with Crippen LogP contribution < -0.4 is 5.32 Å². The number of amides is 1. The van der Waals surface area contributed by atoms with Crippen molar-refractivity contribution in [2.75, 3.05) is 19.8 Å². The molecule has 0 aliphatic rings. The second kappa shape index (κ2) is 8.20. The van der Waals surface area contributed by atoms with Crippen molar-refractivity contribution in [3.05, 3.63) is 28.5 Å². The van der Waals surface area contributed by atoms with Gasteiger partial charge in [-0.05, 0) is 40.9 Å². The molecule has 0 aromatic carbocycles. The third-order valence-corrected chi connectivity index (χ3v) is 2.53. The van der Waals surface area contributed by atoms with E-state index < -0.39 is 0 Å². The van der Waals surface area contributed by atoms with Gasteiger partial charge in [0.1, 0.15) is 5.69 Å². The van der Waals surface area contributed by atoms with Crippen LogP contribution in [0.2, 0.25) is 0 Å². The Morgan fingerprint density at radius 1 is 1.47 bits per heavy atom. The molecule has 1 aromatic rings. The molecule has 1 heterocycles. The molecule has 1 amide bonds. The van der Waals surface area contributed by atoms with Crippen molar-refractivity contribution in [2.45, 2.75) is 19.8 Å². The van der Waals surface area contributed by atoms with E-state index in [-0.39, 0.29) is 5.91 Å². The topological polar surface area (TPSA) is 51.2 Å². The number of ether oxygens (including phenoxy) is 1. The number of nitrogens with zero attached hydrogens (tertiary/aromatic N) is 1. The Labute approximate surface area is 110 Å². The molecule has 0 spiro atoms. The van der Waals surface area contributed by atoms with Crippen LogP contribution in [-0.4, -0.2) is 30.6 Å². The van der Waals surface area contributed by atoms with Crippen molar-refractivity contribution in [3.8, 4) is 0 Å². The molecule has 1 aromatic heterocycles. The molecule has 0 bridgehead atoms. The van der Waals surface area contributed by atoms with Crippen LogP contribution in [0.3, 0.4) is 0 Å². The Hall–Kier alpha value is -0.940. The Morgan fingerprint density at radius 2 is 2.29 bits per heavy atom. The summed E-state index contributed by atoms with van der Waals surface area (Å²) in [5, 5.41) is 2.80. The molecule has 94 valence electrons. The fourth-order valence-electron chi connectivity index (χ4n) is 1.22. The van der Waals surface area contributed by atoms with Crippen molar-refractivity contribution < 1.29 is 9.53 Å². The highest BCUT2D eigenvalue weighted by molar-refractivity contribution is 9.10. The van der Waals surface area contributed by atoms with Crippen LogP contribution in [0, 0.1) is 0 Å². The van der Waals surface area contributed by atoms with Gasteiger partial charge in [-0.25, -0.2) is 4.98 Å². The minimum atomic E-state index is -0.145. The zero-order valence-electron chi connectivity index (χ0n) is 9.91. The quantitative estimate of drug-likeness (QED) is 0.787. The van der Waals surface area contributed by atoms with Crippen molar-refractivity contribution in [2.24, 2.45) is 0 Å². The van der Waals surface area contributed by atoms with Crippen LogP contribution in [0.5, 0.6) is 0 Å². The summed E-state index contributed by atoms with van der Waals surface area (Å²) in [5.74, 6) is -0.145. The van der Waals surface area contributed by atoms with E-state index in [9.17, 15) is 4.79 Å². The molecule has 17 heavy (non-hydrogen) atoms. The van der Waals surface area contributed by atoms with Crippen LogP contribution >= 0.6 is 15.9 Å². The summed E-state index contributed by atoms with van der Waals surface area (Å²) < 4.78 is 6.18. The third kappa shape index (κ3) is 5.79. The van der Waals surface area contributed by atoms with Crippen molar-refractivity contribution in [1.29, 1.82) is 0 Å². The lowest BCUT2D eigenvalue weighted by Gasteiger charge is -2.05. The predicted octanol–water partition coefficient (Wildman–Crippen LogP) is 2.39. The molecule has 0 aliphatic carbocycles. The molecule has 5 heteroatoms. The maximum Gasteiger partial charge on any atom is 0.269 e. The molecule has 0 atom stereocenters. The number of carbonyl (C=O) groups is 1. The van der Waals surface area contributed by atoms with Gasteiger partial charge < -0.3 is 10.1 Å². The molecule has 0 fully saturated rings. The van der Waals surface area contributed by atoms with Crippen LogP contribution in [0.25, 0.3) is 0 Å². The minimum Gasteiger partial charge on any atom is -0.381 e. The summed E-state index contributed by atoms with van der Waals surface area (Å²) in [6.07, 6.45) is 3.46. The Morgan fingerprint density at radius 3 is 2.94 bits per heavy atom. The van der Waals surface area contributed by atoms with E-state index in [0.717, 1.165) is 23.9 Å². The number of halogens is 1. The average Bonchev–Trinajstić information content (AvgIpc) is 2.34. The summed E-state index contributed by atoms with van der Waals surface area (Å²) in [6, 6.07) is 3.49. The van der Waals surface area contributed by atoms with E-state index in [0.29, 0.717) is 18.8 Å². The summed E-state index contributed by atoms with van der Waals surface area (Å²) in [7, 11) is 0. The van der Waals surface area contributed by atoms with Gasteiger partial charge in [0.25, 0.3) is 5.91 Å². The number of pyridine rings is 1. The Kier molecular flexibility index (Phi) is 6.81. The SMILES string of the molecule is CCCOCCCNC(=O)c1ccc(Br)cn1. The first kappa shape index (κ1) is 14.1. The number of hydrogen-bond acceptors (Lipinski definition) is 3. The number of nitrogens with one attached hydrogen (secondary N) is 1. The van der Waals surface area contributed by atoms with E-state index in [1.165, 1.54) is 0 Å². The van der Waals surface area contributed by atoms with Crippen LogP contribution in [0.15, 0.2) is 22.8 Å². The highest BCUT2D eigenvalue weighted by Crippen LogP contribution is 2.07. The number of rotatable bonds is 7. The molecule has 1 N–H and O–H groups in total. The zero-order chi connectivity index (χ0) is 12.5. The van der Waals surface area contributed by atoms with Gasteiger partial charge in [0, 0.05) is 30.4 Å². The molecular weight excluding hydrogens is 284 g/mol. The van der Waals surface area contributed by atoms with Crippen molar-refractivity contribution in [1.82, 2.24) is 10.3 Å². The van der Waals surface area contributed by atoms with Crippen LogP contribution in [0.4, 0.5) is 0 Å². The van der Waals surface area contributed by atoms with Gasteiger partial charge in [-0.2, -0.15) is 0 Å². The maximum atomic E-state index is 11.6. The van der Waals surface area contributed by atoms with Gasteiger partial charge in [-0.15, -0.1) is 0 Å².